The minimum Gasteiger partial charge on any atom is -0.497 e. The summed E-state index contributed by atoms with van der Waals surface area (Å²) < 4.78 is 7.35. The highest BCUT2D eigenvalue weighted by Gasteiger charge is 2.33. The van der Waals surface area contributed by atoms with Crippen molar-refractivity contribution in [3.63, 3.8) is 0 Å². The van der Waals surface area contributed by atoms with Gasteiger partial charge in [0.15, 0.2) is 5.82 Å². The number of ether oxygens (including phenoxy) is 1. The lowest BCUT2D eigenvalue weighted by Gasteiger charge is -2.35. The fraction of sp³-hybridized carbons (Fsp3) is 0.429. The van der Waals surface area contributed by atoms with Crippen LogP contribution in [-0.4, -0.2) is 37.2 Å². The van der Waals surface area contributed by atoms with E-state index in [-0.39, 0.29) is 23.1 Å². The molecule has 1 atom stereocenters. The Morgan fingerprint density at radius 1 is 1.08 bits per heavy atom. The van der Waals surface area contributed by atoms with Gasteiger partial charge in [0.05, 0.1) is 18.7 Å². The van der Waals surface area contributed by atoms with Crippen molar-refractivity contribution in [3.05, 3.63) is 81.9 Å². The number of methoxy groups -OCH3 is 1. The van der Waals surface area contributed by atoms with Crippen LogP contribution in [0.3, 0.4) is 0 Å². The Morgan fingerprint density at radius 3 is 2.50 bits per heavy atom. The van der Waals surface area contributed by atoms with E-state index in [9.17, 15) is 4.79 Å². The summed E-state index contributed by atoms with van der Waals surface area (Å²) in [5.41, 5.74) is 2.30. The van der Waals surface area contributed by atoms with Crippen LogP contribution in [0.1, 0.15) is 64.0 Å². The van der Waals surface area contributed by atoms with Gasteiger partial charge < -0.3 is 9.72 Å². The van der Waals surface area contributed by atoms with E-state index in [2.05, 4.69) is 72.2 Å². The number of pyridine rings is 1. The standard InChI is InChI=1S/C28H36N6O2/c1-7-28(4,5)34-26(30-31-32-34)25(19(2)3)33(17-20-11-9-8-10-12-20)18-22-15-21-16-23(36-6)13-14-24(21)29-27(22)35/h8-16,19,25H,7,17-18H2,1-6H3,(H,29,35)/t25-/m1/s1. The first-order chi connectivity index (χ1) is 17.2. The number of hydrogen-bond acceptors (Lipinski definition) is 6. The van der Waals surface area contributed by atoms with E-state index in [1.165, 1.54) is 0 Å². The Bertz CT molecular complexity index is 1360. The molecule has 0 aliphatic heterocycles. The van der Waals surface area contributed by atoms with E-state index in [1.807, 2.05) is 47.1 Å². The number of benzene rings is 2. The zero-order valence-electron chi connectivity index (χ0n) is 22.0. The van der Waals surface area contributed by atoms with Gasteiger partial charge in [-0.1, -0.05) is 51.1 Å². The van der Waals surface area contributed by atoms with Crippen LogP contribution in [0, 0.1) is 5.92 Å². The molecule has 4 aromatic rings. The van der Waals surface area contributed by atoms with Crippen LogP contribution in [-0.2, 0) is 18.6 Å². The lowest BCUT2D eigenvalue weighted by molar-refractivity contribution is 0.118. The predicted octanol–water partition coefficient (Wildman–Crippen LogP) is 5.07. The summed E-state index contributed by atoms with van der Waals surface area (Å²) >= 11 is 0. The molecule has 0 unspecified atom stereocenters. The highest BCUT2D eigenvalue weighted by molar-refractivity contribution is 5.80. The number of tetrazole rings is 1. The van der Waals surface area contributed by atoms with Gasteiger partial charge >= 0.3 is 0 Å². The van der Waals surface area contributed by atoms with Crippen LogP contribution in [0.15, 0.2) is 59.4 Å². The maximum atomic E-state index is 13.2. The highest BCUT2D eigenvalue weighted by Crippen LogP contribution is 2.33. The summed E-state index contributed by atoms with van der Waals surface area (Å²) in [6.07, 6.45) is 0.890. The SMILES string of the molecule is CCC(C)(C)n1nnnc1[C@@H](C(C)C)N(Cc1ccccc1)Cc1cc2cc(OC)ccc2[nH]c1=O. The first-order valence-electron chi connectivity index (χ1n) is 12.5. The molecule has 2 aromatic heterocycles. The number of nitrogens with one attached hydrogen (secondary N) is 1. The minimum absolute atomic E-state index is 0.0956. The second kappa shape index (κ2) is 10.6. The predicted molar refractivity (Wildman–Crippen MR) is 142 cm³/mol. The van der Waals surface area contributed by atoms with Gasteiger partial charge in [-0.3, -0.25) is 9.69 Å². The van der Waals surface area contributed by atoms with Gasteiger partial charge in [-0.05, 0) is 66.4 Å². The normalized spacial score (nSPS) is 13.0. The molecule has 0 bridgehead atoms. The van der Waals surface area contributed by atoms with Crippen LogP contribution in [0.2, 0.25) is 0 Å². The van der Waals surface area contributed by atoms with E-state index in [4.69, 9.17) is 4.74 Å². The molecule has 1 N–H and O–H groups in total. The first-order valence-corrected chi connectivity index (χ1v) is 12.5. The molecule has 0 aliphatic rings. The smallest absolute Gasteiger partial charge is 0.252 e. The molecule has 36 heavy (non-hydrogen) atoms. The van der Waals surface area contributed by atoms with Gasteiger partial charge in [-0.2, -0.15) is 0 Å². The Balaban J connectivity index is 1.81. The van der Waals surface area contributed by atoms with Crippen molar-refractivity contribution in [3.8, 4) is 5.75 Å². The third kappa shape index (κ3) is 5.33. The van der Waals surface area contributed by atoms with Gasteiger partial charge in [0, 0.05) is 29.6 Å². The summed E-state index contributed by atoms with van der Waals surface area (Å²) in [5.74, 6) is 1.76. The molecule has 0 spiro atoms. The quantitative estimate of drug-likeness (QED) is 0.335. The lowest BCUT2D eigenvalue weighted by atomic mass is 9.97. The number of H-pyrrole nitrogens is 1. The fourth-order valence-corrected chi connectivity index (χ4v) is 4.61. The van der Waals surface area contributed by atoms with Crippen LogP contribution in [0.5, 0.6) is 5.75 Å². The van der Waals surface area contributed by atoms with E-state index in [0.29, 0.717) is 18.7 Å². The minimum atomic E-state index is -0.235. The number of rotatable bonds is 10. The third-order valence-corrected chi connectivity index (χ3v) is 6.95. The monoisotopic (exact) mass is 488 g/mol. The number of aromatic nitrogens is 5. The Morgan fingerprint density at radius 2 is 1.83 bits per heavy atom. The van der Waals surface area contributed by atoms with Crippen molar-refractivity contribution in [2.75, 3.05) is 7.11 Å². The van der Waals surface area contributed by atoms with E-state index in [1.54, 1.807) is 7.11 Å². The number of hydrogen-bond donors (Lipinski definition) is 1. The van der Waals surface area contributed by atoms with E-state index in [0.717, 1.165) is 34.5 Å². The zero-order chi connectivity index (χ0) is 25.9. The van der Waals surface area contributed by atoms with Gasteiger partial charge in [-0.15, -0.1) is 5.10 Å². The molecule has 8 nitrogen and oxygen atoms in total. The topological polar surface area (TPSA) is 88.9 Å². The van der Waals surface area contributed by atoms with Crippen molar-refractivity contribution in [2.45, 2.75) is 65.7 Å². The van der Waals surface area contributed by atoms with Crippen LogP contribution >= 0.6 is 0 Å². The number of aromatic amines is 1. The number of nitrogens with zero attached hydrogens (tertiary/aromatic N) is 5. The molecule has 0 saturated heterocycles. The van der Waals surface area contributed by atoms with Crippen LogP contribution < -0.4 is 10.3 Å². The number of fused-ring (bicyclic) bond motifs is 1. The molecule has 2 heterocycles. The highest BCUT2D eigenvalue weighted by atomic mass is 16.5. The molecule has 0 radical (unpaired) electrons. The molecule has 190 valence electrons. The molecule has 8 heteroatoms. The second-order valence-electron chi connectivity index (χ2n) is 10.3. The average Bonchev–Trinajstić information content (AvgIpc) is 3.35. The largest absolute Gasteiger partial charge is 0.497 e. The summed E-state index contributed by atoms with van der Waals surface area (Å²) in [5, 5.41) is 13.9. The van der Waals surface area contributed by atoms with Crippen molar-refractivity contribution in [1.29, 1.82) is 0 Å². The average molecular weight is 489 g/mol. The van der Waals surface area contributed by atoms with Gasteiger partial charge in [0.1, 0.15) is 5.75 Å². The molecular formula is C28H36N6O2. The molecule has 0 amide bonds. The lowest BCUT2D eigenvalue weighted by Crippen LogP contribution is -2.38. The van der Waals surface area contributed by atoms with Crippen molar-refractivity contribution >= 4 is 10.9 Å². The van der Waals surface area contributed by atoms with Gasteiger partial charge in [-0.25, -0.2) is 4.68 Å². The second-order valence-corrected chi connectivity index (χ2v) is 10.3. The van der Waals surface area contributed by atoms with E-state index < -0.39 is 0 Å². The van der Waals surface area contributed by atoms with Crippen molar-refractivity contribution in [2.24, 2.45) is 5.92 Å². The molecule has 0 aliphatic carbocycles. The van der Waals surface area contributed by atoms with Gasteiger partial charge in [0.2, 0.25) is 0 Å². The summed E-state index contributed by atoms with van der Waals surface area (Å²) in [7, 11) is 1.64. The van der Waals surface area contributed by atoms with Crippen LogP contribution in [0.4, 0.5) is 0 Å². The van der Waals surface area contributed by atoms with E-state index >= 15 is 0 Å². The van der Waals surface area contributed by atoms with Crippen molar-refractivity contribution in [1.82, 2.24) is 30.1 Å². The first kappa shape index (κ1) is 25.6. The molecule has 2 aromatic carbocycles. The van der Waals surface area contributed by atoms with Gasteiger partial charge in [0.25, 0.3) is 5.56 Å². The summed E-state index contributed by atoms with van der Waals surface area (Å²) in [4.78, 5) is 18.5. The van der Waals surface area contributed by atoms with Crippen LogP contribution in [0.25, 0.3) is 10.9 Å². The molecule has 0 saturated carbocycles. The summed E-state index contributed by atoms with van der Waals surface area (Å²) in [6.45, 7) is 11.9. The zero-order valence-corrected chi connectivity index (χ0v) is 22.0. The Labute approximate surface area is 212 Å². The maximum Gasteiger partial charge on any atom is 0.252 e. The summed E-state index contributed by atoms with van der Waals surface area (Å²) in [6, 6.07) is 17.8. The molecular weight excluding hydrogens is 452 g/mol. The molecule has 0 fully saturated rings. The Hall–Kier alpha value is -3.52. The molecule has 4 rings (SSSR count). The fourth-order valence-electron chi connectivity index (χ4n) is 4.61. The van der Waals surface area contributed by atoms with Crippen molar-refractivity contribution < 1.29 is 4.74 Å². The Kier molecular flexibility index (Phi) is 7.54. The third-order valence-electron chi connectivity index (χ3n) is 6.95. The maximum absolute atomic E-state index is 13.2.